The molecule has 0 saturated heterocycles. The summed E-state index contributed by atoms with van der Waals surface area (Å²) < 4.78 is 0. The number of fused-ring (bicyclic) bond motifs is 3. The van der Waals surface area contributed by atoms with E-state index < -0.39 is 5.97 Å². The number of aromatic hydroxyl groups is 1. The molecule has 122 valence electrons. The quantitative estimate of drug-likeness (QED) is 0.482. The van der Waals surface area contributed by atoms with Gasteiger partial charge >= 0.3 is 5.97 Å². The van der Waals surface area contributed by atoms with Crippen LogP contribution < -0.4 is 5.32 Å². The SMILES string of the molecule is O=C(O)c1cc(Nc2nc(Cl)nc3sc4c(c23)CCC4)ccc1O. The fourth-order valence-electron chi connectivity index (χ4n) is 2.98. The van der Waals surface area contributed by atoms with Crippen LogP contribution in [0.5, 0.6) is 5.75 Å². The van der Waals surface area contributed by atoms with Gasteiger partial charge in [-0.05, 0) is 54.6 Å². The zero-order chi connectivity index (χ0) is 16.8. The third-order valence-corrected chi connectivity index (χ3v) is 5.38. The van der Waals surface area contributed by atoms with E-state index in [9.17, 15) is 9.90 Å². The van der Waals surface area contributed by atoms with Crippen molar-refractivity contribution in [3.63, 3.8) is 0 Å². The van der Waals surface area contributed by atoms with Gasteiger partial charge in [0.25, 0.3) is 0 Å². The highest BCUT2D eigenvalue weighted by Crippen LogP contribution is 2.40. The number of hydrogen-bond acceptors (Lipinski definition) is 6. The molecule has 0 bridgehead atoms. The molecule has 4 rings (SSSR count). The van der Waals surface area contributed by atoms with Crippen molar-refractivity contribution >= 4 is 50.6 Å². The predicted molar refractivity (Wildman–Crippen MR) is 92.8 cm³/mol. The van der Waals surface area contributed by atoms with E-state index in [1.807, 2.05) is 0 Å². The number of aryl methyl sites for hydroxylation is 2. The first-order valence-corrected chi connectivity index (χ1v) is 8.53. The molecular formula is C16H12ClN3O3S. The molecule has 0 spiro atoms. The predicted octanol–water partition coefficient (Wildman–Crippen LogP) is 3.98. The maximum Gasteiger partial charge on any atom is 0.339 e. The Morgan fingerprint density at radius 2 is 2.12 bits per heavy atom. The van der Waals surface area contributed by atoms with Crippen LogP contribution in [0.15, 0.2) is 18.2 Å². The number of hydrogen-bond donors (Lipinski definition) is 3. The van der Waals surface area contributed by atoms with E-state index in [1.54, 1.807) is 17.4 Å². The average Bonchev–Trinajstić information content (AvgIpc) is 3.08. The molecule has 0 fully saturated rings. The summed E-state index contributed by atoms with van der Waals surface area (Å²) >= 11 is 7.66. The summed E-state index contributed by atoms with van der Waals surface area (Å²) in [7, 11) is 0. The summed E-state index contributed by atoms with van der Waals surface area (Å²) in [5, 5.41) is 23.0. The van der Waals surface area contributed by atoms with Gasteiger partial charge in [0.05, 0.1) is 5.39 Å². The number of carbonyl (C=O) groups is 1. The Balaban J connectivity index is 1.83. The third kappa shape index (κ3) is 2.46. The van der Waals surface area contributed by atoms with Crippen molar-refractivity contribution in [2.24, 2.45) is 0 Å². The highest BCUT2D eigenvalue weighted by Gasteiger charge is 2.22. The molecule has 24 heavy (non-hydrogen) atoms. The number of thiophene rings is 1. The standard InChI is InChI=1S/C16H12ClN3O3S/c17-16-19-13(12-8-2-1-3-11(8)24-14(12)20-16)18-7-4-5-10(21)9(6-7)15(22)23/h4-6,21H,1-3H2,(H,22,23)(H,18,19,20). The summed E-state index contributed by atoms with van der Waals surface area (Å²) in [6.07, 6.45) is 3.13. The average molecular weight is 362 g/mol. The first kappa shape index (κ1) is 15.2. The lowest BCUT2D eigenvalue weighted by Crippen LogP contribution is -2.01. The van der Waals surface area contributed by atoms with E-state index in [-0.39, 0.29) is 16.6 Å². The molecule has 1 aliphatic rings. The minimum absolute atomic E-state index is 0.141. The number of carboxylic acid groups (broad SMARTS) is 1. The molecule has 1 aliphatic carbocycles. The first-order chi connectivity index (χ1) is 11.5. The summed E-state index contributed by atoms with van der Waals surface area (Å²) in [6, 6.07) is 4.30. The number of nitrogens with zero attached hydrogens (tertiary/aromatic N) is 2. The number of carboxylic acids is 1. The van der Waals surface area contributed by atoms with Crippen LogP contribution >= 0.6 is 22.9 Å². The van der Waals surface area contributed by atoms with E-state index >= 15 is 0 Å². The minimum atomic E-state index is -1.20. The molecule has 8 heteroatoms. The van der Waals surface area contributed by atoms with E-state index in [1.165, 1.54) is 22.6 Å². The van der Waals surface area contributed by atoms with Crippen molar-refractivity contribution in [1.82, 2.24) is 9.97 Å². The van der Waals surface area contributed by atoms with Gasteiger partial charge < -0.3 is 15.5 Å². The van der Waals surface area contributed by atoms with E-state index in [4.69, 9.17) is 16.7 Å². The van der Waals surface area contributed by atoms with Gasteiger partial charge in [-0.25, -0.2) is 9.78 Å². The van der Waals surface area contributed by atoms with Crippen LogP contribution in [-0.4, -0.2) is 26.2 Å². The molecule has 0 saturated carbocycles. The Labute approximate surface area is 145 Å². The molecule has 0 radical (unpaired) electrons. The highest BCUT2D eigenvalue weighted by atomic mass is 35.5. The fourth-order valence-corrected chi connectivity index (χ4v) is 4.46. The third-order valence-electron chi connectivity index (χ3n) is 4.03. The normalized spacial score (nSPS) is 13.2. The number of aromatic carboxylic acids is 1. The molecule has 2 heterocycles. The first-order valence-electron chi connectivity index (χ1n) is 7.34. The van der Waals surface area contributed by atoms with E-state index in [0.717, 1.165) is 29.5 Å². The number of halogens is 1. The van der Waals surface area contributed by atoms with Crippen LogP contribution in [0.3, 0.4) is 0 Å². The smallest absolute Gasteiger partial charge is 0.339 e. The second kappa shape index (κ2) is 5.61. The van der Waals surface area contributed by atoms with Crippen LogP contribution in [0.2, 0.25) is 5.28 Å². The molecule has 2 aromatic heterocycles. The Hall–Kier alpha value is -2.38. The van der Waals surface area contributed by atoms with Crippen molar-refractivity contribution in [2.75, 3.05) is 5.32 Å². The molecule has 3 aromatic rings. The van der Waals surface area contributed by atoms with Gasteiger partial charge in [-0.15, -0.1) is 11.3 Å². The number of phenols is 1. The summed E-state index contributed by atoms with van der Waals surface area (Å²) in [5.74, 6) is -0.916. The number of rotatable bonds is 3. The van der Waals surface area contributed by atoms with Crippen molar-refractivity contribution in [1.29, 1.82) is 0 Å². The van der Waals surface area contributed by atoms with Crippen molar-refractivity contribution < 1.29 is 15.0 Å². The minimum Gasteiger partial charge on any atom is -0.507 e. The van der Waals surface area contributed by atoms with Gasteiger partial charge in [0, 0.05) is 10.6 Å². The Bertz CT molecular complexity index is 986. The monoisotopic (exact) mass is 361 g/mol. The summed E-state index contributed by atoms with van der Waals surface area (Å²) in [6.45, 7) is 0. The number of anilines is 2. The molecule has 6 nitrogen and oxygen atoms in total. The van der Waals surface area contributed by atoms with Crippen LogP contribution in [0, 0.1) is 0 Å². The lowest BCUT2D eigenvalue weighted by Gasteiger charge is -2.10. The van der Waals surface area contributed by atoms with Crippen LogP contribution in [-0.2, 0) is 12.8 Å². The maximum absolute atomic E-state index is 11.2. The fraction of sp³-hybridized carbons (Fsp3) is 0.188. The van der Waals surface area contributed by atoms with E-state index in [2.05, 4.69) is 15.3 Å². The number of nitrogens with one attached hydrogen (secondary N) is 1. The van der Waals surface area contributed by atoms with Gasteiger partial charge in [-0.3, -0.25) is 0 Å². The summed E-state index contributed by atoms with van der Waals surface area (Å²) in [4.78, 5) is 21.9. The maximum atomic E-state index is 11.2. The van der Waals surface area contributed by atoms with Crippen LogP contribution in [0.25, 0.3) is 10.2 Å². The second-order valence-corrected chi connectivity index (χ2v) is 6.96. The molecule has 0 amide bonds. The molecule has 3 N–H and O–H groups in total. The Morgan fingerprint density at radius 3 is 2.92 bits per heavy atom. The molecule has 1 aromatic carbocycles. The number of aromatic nitrogens is 2. The molecule has 0 aliphatic heterocycles. The van der Waals surface area contributed by atoms with Crippen molar-refractivity contribution in [3.05, 3.63) is 39.5 Å². The van der Waals surface area contributed by atoms with Crippen LogP contribution in [0.4, 0.5) is 11.5 Å². The molecule has 0 atom stereocenters. The second-order valence-electron chi connectivity index (χ2n) is 5.54. The molecular weight excluding hydrogens is 350 g/mol. The molecule has 0 unspecified atom stereocenters. The Morgan fingerprint density at radius 1 is 1.29 bits per heavy atom. The zero-order valence-electron chi connectivity index (χ0n) is 12.3. The number of benzene rings is 1. The summed E-state index contributed by atoms with van der Waals surface area (Å²) in [5.41, 5.74) is 1.58. The Kier molecular flexibility index (Phi) is 3.54. The van der Waals surface area contributed by atoms with E-state index in [0.29, 0.717) is 11.5 Å². The zero-order valence-corrected chi connectivity index (χ0v) is 13.9. The largest absolute Gasteiger partial charge is 0.507 e. The van der Waals surface area contributed by atoms with Crippen molar-refractivity contribution in [2.45, 2.75) is 19.3 Å². The highest BCUT2D eigenvalue weighted by molar-refractivity contribution is 7.19. The van der Waals surface area contributed by atoms with Gasteiger partial charge in [0.2, 0.25) is 5.28 Å². The van der Waals surface area contributed by atoms with Gasteiger partial charge in [-0.1, -0.05) is 0 Å². The lowest BCUT2D eigenvalue weighted by atomic mass is 10.1. The van der Waals surface area contributed by atoms with Crippen LogP contribution in [0.1, 0.15) is 27.2 Å². The van der Waals surface area contributed by atoms with Gasteiger partial charge in [0.15, 0.2) is 0 Å². The van der Waals surface area contributed by atoms with Gasteiger partial charge in [-0.2, -0.15) is 4.98 Å². The van der Waals surface area contributed by atoms with Crippen molar-refractivity contribution in [3.8, 4) is 5.75 Å². The van der Waals surface area contributed by atoms with Gasteiger partial charge in [0.1, 0.15) is 22.0 Å². The lowest BCUT2D eigenvalue weighted by molar-refractivity contribution is 0.0694. The topological polar surface area (TPSA) is 95.3 Å².